The van der Waals surface area contributed by atoms with Crippen LogP contribution in [0.2, 0.25) is 0 Å². The minimum Gasteiger partial charge on any atom is -0.479 e. The number of benzene rings is 1. The van der Waals surface area contributed by atoms with E-state index in [4.69, 9.17) is 4.74 Å². The smallest absolute Gasteiger partial charge is 0.340 e. The molecule has 78 valence electrons. The van der Waals surface area contributed by atoms with Crippen molar-refractivity contribution in [1.29, 1.82) is 0 Å². The molecule has 2 heterocycles. The fourth-order valence-electron chi connectivity index (χ4n) is 2.84. The van der Waals surface area contributed by atoms with Crippen LogP contribution in [0.3, 0.4) is 0 Å². The highest BCUT2D eigenvalue weighted by Crippen LogP contribution is 2.58. The van der Waals surface area contributed by atoms with Crippen LogP contribution in [0.4, 0.5) is 0 Å². The zero-order valence-electron chi connectivity index (χ0n) is 8.49. The van der Waals surface area contributed by atoms with Gasteiger partial charge in [0, 0.05) is 5.56 Å². The van der Waals surface area contributed by atoms with Crippen molar-refractivity contribution in [3.8, 4) is 0 Å². The summed E-state index contributed by atoms with van der Waals surface area (Å²) in [5.41, 5.74) is 0.408. The fourth-order valence-corrected chi connectivity index (χ4v) is 2.84. The van der Waals surface area contributed by atoms with Crippen molar-refractivity contribution in [3.05, 3.63) is 35.4 Å². The zero-order chi connectivity index (χ0) is 10.7. The van der Waals surface area contributed by atoms with E-state index >= 15 is 0 Å². The summed E-state index contributed by atoms with van der Waals surface area (Å²) < 4.78 is 5.78. The van der Waals surface area contributed by atoms with Gasteiger partial charge in [0.1, 0.15) is 0 Å². The molecular weight excluding hydrogens is 192 g/mol. The number of carboxylic acid groups (broad SMARTS) is 1. The molecule has 15 heavy (non-hydrogen) atoms. The Hall–Kier alpha value is -1.35. The molecule has 1 aromatic carbocycles. The van der Waals surface area contributed by atoms with Crippen LogP contribution in [0.5, 0.6) is 0 Å². The lowest BCUT2D eigenvalue weighted by Gasteiger charge is -2.21. The number of carboxylic acids is 1. The maximum absolute atomic E-state index is 11.4. The number of hydrogen-bond donors (Lipinski definition) is 1. The van der Waals surface area contributed by atoms with Gasteiger partial charge >= 0.3 is 5.97 Å². The molecule has 2 bridgehead atoms. The molecule has 0 aromatic heterocycles. The minimum atomic E-state index is -1.08. The highest BCUT2D eigenvalue weighted by Gasteiger charge is 2.61. The highest BCUT2D eigenvalue weighted by atomic mass is 16.6. The molecule has 3 rings (SSSR count). The van der Waals surface area contributed by atoms with Crippen LogP contribution in [-0.4, -0.2) is 11.1 Å². The van der Waals surface area contributed by atoms with E-state index in [0.717, 1.165) is 17.5 Å². The summed E-state index contributed by atoms with van der Waals surface area (Å²) in [4.78, 5) is 11.4. The van der Waals surface area contributed by atoms with Crippen LogP contribution in [0, 0.1) is 0 Å². The van der Waals surface area contributed by atoms with E-state index < -0.39 is 17.2 Å². The topological polar surface area (TPSA) is 46.5 Å². The molecule has 0 aliphatic carbocycles. The van der Waals surface area contributed by atoms with Crippen LogP contribution in [-0.2, 0) is 20.7 Å². The lowest BCUT2D eigenvalue weighted by atomic mass is 9.77. The van der Waals surface area contributed by atoms with Gasteiger partial charge in [0.2, 0.25) is 0 Å². The normalized spacial score (nSPS) is 36.6. The molecule has 2 unspecified atom stereocenters. The summed E-state index contributed by atoms with van der Waals surface area (Å²) in [6.07, 6.45) is 1.37. The van der Waals surface area contributed by atoms with Crippen molar-refractivity contribution in [2.75, 3.05) is 0 Å². The van der Waals surface area contributed by atoms with Gasteiger partial charge in [-0.25, -0.2) is 4.79 Å². The Morgan fingerprint density at radius 1 is 1.33 bits per heavy atom. The van der Waals surface area contributed by atoms with Crippen molar-refractivity contribution < 1.29 is 14.6 Å². The number of carbonyl (C=O) groups is 1. The van der Waals surface area contributed by atoms with Crippen molar-refractivity contribution in [2.45, 2.75) is 31.0 Å². The van der Waals surface area contributed by atoms with E-state index in [0.29, 0.717) is 6.42 Å². The molecule has 3 heteroatoms. The third kappa shape index (κ3) is 0.868. The van der Waals surface area contributed by atoms with Crippen molar-refractivity contribution in [2.24, 2.45) is 0 Å². The van der Waals surface area contributed by atoms with Gasteiger partial charge in [-0.2, -0.15) is 0 Å². The summed E-state index contributed by atoms with van der Waals surface area (Å²) in [6.45, 7) is 1.98. The molecule has 1 aromatic rings. The molecule has 1 saturated heterocycles. The summed E-state index contributed by atoms with van der Waals surface area (Å²) >= 11 is 0. The Morgan fingerprint density at radius 3 is 2.67 bits per heavy atom. The SMILES string of the molecule is CC12CCC(C(=O)O)(O1)c1ccccc12. The molecule has 0 radical (unpaired) electrons. The van der Waals surface area contributed by atoms with Gasteiger partial charge in [-0.1, -0.05) is 24.3 Å². The van der Waals surface area contributed by atoms with E-state index in [2.05, 4.69) is 0 Å². The quantitative estimate of drug-likeness (QED) is 0.761. The Morgan fingerprint density at radius 2 is 2.00 bits per heavy atom. The van der Waals surface area contributed by atoms with Gasteiger partial charge in [-0.05, 0) is 25.3 Å². The maximum atomic E-state index is 11.4. The first kappa shape index (κ1) is 8.92. The van der Waals surface area contributed by atoms with E-state index in [1.807, 2.05) is 31.2 Å². The van der Waals surface area contributed by atoms with Crippen molar-refractivity contribution >= 4 is 5.97 Å². The number of fused-ring (bicyclic) bond motifs is 5. The monoisotopic (exact) mass is 204 g/mol. The van der Waals surface area contributed by atoms with Gasteiger partial charge in [-0.3, -0.25) is 0 Å². The second kappa shape index (κ2) is 2.42. The molecule has 1 N–H and O–H groups in total. The molecular formula is C12H12O3. The highest BCUT2D eigenvalue weighted by molar-refractivity contribution is 5.82. The molecule has 1 fully saturated rings. The molecule has 2 atom stereocenters. The number of rotatable bonds is 1. The molecule has 0 saturated carbocycles. The maximum Gasteiger partial charge on any atom is 0.340 e. The van der Waals surface area contributed by atoms with Crippen LogP contribution < -0.4 is 0 Å². The Balaban J connectivity index is 2.29. The molecule has 0 amide bonds. The van der Waals surface area contributed by atoms with Crippen LogP contribution >= 0.6 is 0 Å². The number of aliphatic carboxylic acids is 1. The zero-order valence-corrected chi connectivity index (χ0v) is 8.49. The third-order valence-electron chi connectivity index (χ3n) is 3.63. The van der Waals surface area contributed by atoms with Crippen LogP contribution in [0.25, 0.3) is 0 Å². The summed E-state index contributed by atoms with van der Waals surface area (Å²) in [5, 5.41) is 9.33. The Labute approximate surface area is 87.7 Å². The number of ether oxygens (including phenoxy) is 1. The minimum absolute atomic E-state index is 0.394. The van der Waals surface area contributed by atoms with Gasteiger partial charge in [0.05, 0.1) is 5.60 Å². The predicted molar refractivity (Wildman–Crippen MR) is 53.4 cm³/mol. The van der Waals surface area contributed by atoms with Gasteiger partial charge < -0.3 is 9.84 Å². The standard InChI is InChI=1S/C12H12O3/c1-11-6-7-12(15-11,10(13)14)9-5-3-2-4-8(9)11/h2-5H,6-7H2,1H3,(H,13,14). The Bertz CT molecular complexity index is 454. The van der Waals surface area contributed by atoms with E-state index in [-0.39, 0.29) is 0 Å². The van der Waals surface area contributed by atoms with Gasteiger partial charge in [0.25, 0.3) is 0 Å². The van der Waals surface area contributed by atoms with Gasteiger partial charge in [0.15, 0.2) is 5.60 Å². The fraction of sp³-hybridized carbons (Fsp3) is 0.417. The largest absolute Gasteiger partial charge is 0.479 e. The lowest BCUT2D eigenvalue weighted by molar-refractivity contribution is -0.169. The van der Waals surface area contributed by atoms with Crippen molar-refractivity contribution in [3.63, 3.8) is 0 Å². The first-order valence-corrected chi connectivity index (χ1v) is 5.12. The summed E-state index contributed by atoms with van der Waals surface area (Å²) in [6, 6.07) is 7.65. The number of hydrogen-bond acceptors (Lipinski definition) is 2. The lowest BCUT2D eigenvalue weighted by Crippen LogP contribution is -2.32. The Kier molecular flexibility index (Phi) is 1.44. The van der Waals surface area contributed by atoms with Crippen LogP contribution in [0.1, 0.15) is 30.9 Å². The molecule has 2 aliphatic heterocycles. The first-order valence-electron chi connectivity index (χ1n) is 5.12. The van der Waals surface area contributed by atoms with Crippen LogP contribution in [0.15, 0.2) is 24.3 Å². The molecule has 0 spiro atoms. The summed E-state index contributed by atoms with van der Waals surface area (Å²) in [5.74, 6) is -0.865. The molecule has 3 nitrogen and oxygen atoms in total. The second-order valence-corrected chi connectivity index (χ2v) is 4.51. The first-order chi connectivity index (χ1) is 7.08. The molecule has 2 aliphatic rings. The summed E-state index contributed by atoms with van der Waals surface area (Å²) in [7, 11) is 0. The van der Waals surface area contributed by atoms with E-state index in [1.165, 1.54) is 0 Å². The van der Waals surface area contributed by atoms with E-state index in [1.54, 1.807) is 0 Å². The third-order valence-corrected chi connectivity index (χ3v) is 3.63. The van der Waals surface area contributed by atoms with Gasteiger partial charge in [-0.15, -0.1) is 0 Å². The average Bonchev–Trinajstić information content (AvgIpc) is 2.70. The van der Waals surface area contributed by atoms with E-state index in [9.17, 15) is 9.90 Å². The average molecular weight is 204 g/mol. The van der Waals surface area contributed by atoms with Crippen molar-refractivity contribution in [1.82, 2.24) is 0 Å². The predicted octanol–water partition coefficient (Wildman–Crippen LogP) is 2.01. The second-order valence-electron chi connectivity index (χ2n) is 4.51.